The predicted octanol–water partition coefficient (Wildman–Crippen LogP) is 5.92. The second-order valence-electron chi connectivity index (χ2n) is 9.93. The minimum atomic E-state index is -4.51. The molecule has 13 heteroatoms. The number of hydrogen-bond donors (Lipinski definition) is 1. The lowest BCUT2D eigenvalue weighted by Crippen LogP contribution is -2.38. The number of rotatable bonds is 7. The molecule has 1 saturated heterocycles. The van der Waals surface area contributed by atoms with Crippen LogP contribution in [-0.2, 0) is 21.0 Å². The molecule has 2 aliphatic rings. The summed E-state index contributed by atoms with van der Waals surface area (Å²) in [4.78, 5) is 18.2. The molecule has 7 nitrogen and oxygen atoms in total. The summed E-state index contributed by atoms with van der Waals surface area (Å²) < 4.78 is 67.6. The Morgan fingerprint density at radius 1 is 1.10 bits per heavy atom. The lowest BCUT2D eigenvalue weighted by molar-refractivity contribution is -0.137. The average Bonchev–Trinajstić information content (AvgIpc) is 3.25. The summed E-state index contributed by atoms with van der Waals surface area (Å²) in [6.07, 6.45) is -1.55. The van der Waals surface area contributed by atoms with Gasteiger partial charge in [-0.1, -0.05) is 17.8 Å². The third-order valence-corrected chi connectivity index (χ3v) is 10.5. The Morgan fingerprint density at radius 3 is 2.42 bits per heavy atom. The summed E-state index contributed by atoms with van der Waals surface area (Å²) in [5.41, 5.74) is 2.74. The van der Waals surface area contributed by atoms with E-state index in [4.69, 9.17) is 0 Å². The highest BCUT2D eigenvalue weighted by molar-refractivity contribution is 8.04. The van der Waals surface area contributed by atoms with Crippen molar-refractivity contribution in [2.24, 2.45) is 5.92 Å². The zero-order valence-corrected chi connectivity index (χ0v) is 24.4. The number of nitrogens with zero attached hydrogens (tertiary/aromatic N) is 3. The molecule has 1 aromatic carbocycles. The number of aromatic nitrogens is 2. The summed E-state index contributed by atoms with van der Waals surface area (Å²) in [6, 6.07) is 9.50. The van der Waals surface area contributed by atoms with E-state index in [1.165, 1.54) is 16.1 Å². The highest BCUT2D eigenvalue weighted by Crippen LogP contribution is 2.40. The van der Waals surface area contributed by atoms with E-state index >= 15 is 0 Å². The molecule has 0 unspecified atom stereocenters. The third kappa shape index (κ3) is 5.90. The number of hydrogen-bond acceptors (Lipinski definition) is 5. The molecule has 216 valence electrons. The molecule has 0 aliphatic carbocycles. The van der Waals surface area contributed by atoms with E-state index in [1.54, 1.807) is 0 Å². The van der Waals surface area contributed by atoms with Crippen molar-refractivity contribution in [3.63, 3.8) is 0 Å². The van der Waals surface area contributed by atoms with E-state index in [9.17, 15) is 26.4 Å². The normalized spacial score (nSPS) is 16.7. The number of imidazole rings is 1. The number of alkyl halides is 3. The van der Waals surface area contributed by atoms with Crippen LogP contribution < -0.4 is 5.32 Å². The van der Waals surface area contributed by atoms with E-state index in [0.717, 1.165) is 64.7 Å². The van der Waals surface area contributed by atoms with E-state index in [2.05, 4.69) is 14.7 Å². The smallest absolute Gasteiger partial charge is 0.352 e. The van der Waals surface area contributed by atoms with Crippen molar-refractivity contribution in [3.8, 4) is 0 Å². The minimum absolute atomic E-state index is 0. The minimum Gasteiger partial charge on any atom is -0.352 e. The number of thioether (sulfide) groups is 1. The van der Waals surface area contributed by atoms with Crippen molar-refractivity contribution in [2.45, 2.75) is 55.6 Å². The van der Waals surface area contributed by atoms with Crippen LogP contribution in [0.3, 0.4) is 0 Å². The van der Waals surface area contributed by atoms with Crippen LogP contribution in [0.15, 0.2) is 57.3 Å². The Labute approximate surface area is 241 Å². The SMILES string of the molecule is CC1=C(C(=O)NCCCC2CCN(S(=O)(=O)c3ccc(C(F)(F)F)cc3)CC2)Sc2cccc3nc(C)c1n23.Cl. The summed E-state index contributed by atoms with van der Waals surface area (Å²) in [7, 11) is -3.84. The summed E-state index contributed by atoms with van der Waals surface area (Å²) in [5, 5.41) is 3.99. The lowest BCUT2D eigenvalue weighted by atomic mass is 9.93. The zero-order chi connectivity index (χ0) is 27.9. The monoisotopic (exact) mass is 614 g/mol. The number of carbonyl (C=O) groups is 1. The number of amides is 1. The lowest BCUT2D eigenvalue weighted by Gasteiger charge is -2.31. The molecule has 0 atom stereocenters. The van der Waals surface area contributed by atoms with E-state index in [-0.39, 0.29) is 23.2 Å². The van der Waals surface area contributed by atoms with Gasteiger partial charge in [0, 0.05) is 19.6 Å². The topological polar surface area (TPSA) is 83.8 Å². The largest absolute Gasteiger partial charge is 0.416 e. The maximum absolute atomic E-state index is 13.0. The second kappa shape index (κ2) is 11.8. The molecule has 1 N–H and O–H groups in total. The molecule has 0 spiro atoms. The second-order valence-corrected chi connectivity index (χ2v) is 12.9. The number of benzene rings is 1. The molecule has 0 radical (unpaired) electrons. The van der Waals surface area contributed by atoms with Crippen LogP contribution in [0, 0.1) is 12.8 Å². The van der Waals surface area contributed by atoms with Crippen molar-refractivity contribution >= 4 is 51.3 Å². The van der Waals surface area contributed by atoms with Crippen LogP contribution in [0.5, 0.6) is 0 Å². The molecule has 2 aromatic heterocycles. The number of sulfonamides is 1. The summed E-state index contributed by atoms with van der Waals surface area (Å²) >= 11 is 1.44. The van der Waals surface area contributed by atoms with Crippen LogP contribution in [0.4, 0.5) is 13.2 Å². The fourth-order valence-corrected chi connectivity index (χ4v) is 7.79. The first kappa shape index (κ1) is 30.4. The zero-order valence-electron chi connectivity index (χ0n) is 22.0. The molecule has 1 amide bonds. The molecule has 1 fully saturated rings. The van der Waals surface area contributed by atoms with Gasteiger partial charge in [0.1, 0.15) is 5.65 Å². The fraction of sp³-hybridized carbons (Fsp3) is 0.407. The molecular formula is C27H30ClF3N4O3S2. The predicted molar refractivity (Wildman–Crippen MR) is 151 cm³/mol. The number of pyridine rings is 1. The van der Waals surface area contributed by atoms with Crippen molar-refractivity contribution < 1.29 is 26.4 Å². The maximum atomic E-state index is 13.0. The van der Waals surface area contributed by atoms with Crippen LogP contribution in [0.1, 0.15) is 49.6 Å². The Morgan fingerprint density at radius 2 is 1.77 bits per heavy atom. The molecule has 40 heavy (non-hydrogen) atoms. The van der Waals surface area contributed by atoms with E-state index < -0.39 is 21.8 Å². The van der Waals surface area contributed by atoms with Gasteiger partial charge in [0.05, 0.1) is 31.8 Å². The molecule has 3 aromatic rings. The van der Waals surface area contributed by atoms with Crippen molar-refractivity contribution in [1.82, 2.24) is 19.0 Å². The van der Waals surface area contributed by atoms with Crippen LogP contribution in [0.2, 0.25) is 0 Å². The average molecular weight is 615 g/mol. The molecule has 5 rings (SSSR count). The van der Waals surface area contributed by atoms with E-state index in [1.807, 2.05) is 32.0 Å². The summed E-state index contributed by atoms with van der Waals surface area (Å²) in [5.74, 6) is 0.208. The number of piperidine rings is 1. The Bertz CT molecular complexity index is 1550. The first-order valence-corrected chi connectivity index (χ1v) is 15.1. The number of allylic oxidation sites excluding steroid dienone is 1. The number of nitrogens with one attached hydrogen (secondary N) is 1. The fourth-order valence-electron chi connectivity index (χ4n) is 5.28. The quantitative estimate of drug-likeness (QED) is 0.334. The highest BCUT2D eigenvalue weighted by Gasteiger charge is 2.33. The first-order valence-electron chi connectivity index (χ1n) is 12.8. The van der Waals surface area contributed by atoms with Crippen LogP contribution in [0.25, 0.3) is 11.2 Å². The molecule has 2 aliphatic heterocycles. The van der Waals surface area contributed by atoms with Crippen molar-refractivity contribution in [3.05, 3.63) is 64.3 Å². The van der Waals surface area contributed by atoms with Crippen LogP contribution in [-0.4, -0.2) is 47.6 Å². The first-order chi connectivity index (χ1) is 18.5. The molecule has 0 bridgehead atoms. The van der Waals surface area contributed by atoms with Gasteiger partial charge in [-0.3, -0.25) is 9.20 Å². The van der Waals surface area contributed by atoms with Crippen molar-refractivity contribution in [1.29, 1.82) is 0 Å². The van der Waals surface area contributed by atoms with Gasteiger partial charge in [-0.25, -0.2) is 13.4 Å². The maximum Gasteiger partial charge on any atom is 0.416 e. The van der Waals surface area contributed by atoms with Gasteiger partial charge in [-0.15, -0.1) is 12.4 Å². The van der Waals surface area contributed by atoms with Crippen LogP contribution >= 0.6 is 24.2 Å². The Kier molecular flexibility index (Phi) is 8.94. The van der Waals surface area contributed by atoms with Gasteiger partial charge < -0.3 is 5.32 Å². The number of carbonyl (C=O) groups excluding carboxylic acids is 1. The number of aryl methyl sites for hydroxylation is 1. The van der Waals surface area contributed by atoms with Gasteiger partial charge in [-0.2, -0.15) is 17.5 Å². The van der Waals surface area contributed by atoms with Crippen molar-refractivity contribution in [2.75, 3.05) is 19.6 Å². The summed E-state index contributed by atoms with van der Waals surface area (Å²) in [6.45, 7) is 5.05. The Balaban J connectivity index is 0.00000370. The molecule has 4 heterocycles. The van der Waals surface area contributed by atoms with Gasteiger partial charge in [0.25, 0.3) is 5.91 Å². The van der Waals surface area contributed by atoms with Gasteiger partial charge in [-0.05, 0) is 87.4 Å². The number of halogens is 4. The highest BCUT2D eigenvalue weighted by atomic mass is 35.5. The van der Waals surface area contributed by atoms with E-state index in [0.29, 0.717) is 43.3 Å². The third-order valence-electron chi connectivity index (χ3n) is 7.36. The van der Waals surface area contributed by atoms with Gasteiger partial charge in [0.15, 0.2) is 0 Å². The molecule has 0 saturated carbocycles. The Hall–Kier alpha value is -2.54. The standard InChI is InChI=1S/C27H29F3N4O3S2.ClH/c1-17-24-18(2)32-22-6-3-7-23(34(22)24)38-25(17)26(35)31-14-4-5-19-12-15-33(16-13-19)39(36,37)21-10-8-20(9-11-21)27(28,29)30;/h3,6-11,19H,4-5,12-16H2,1-2H3,(H,31,35);1H. The van der Waals surface area contributed by atoms with Gasteiger partial charge in [0.2, 0.25) is 10.0 Å². The van der Waals surface area contributed by atoms with Gasteiger partial charge >= 0.3 is 6.18 Å². The molecular weight excluding hydrogens is 585 g/mol.